The first-order chi connectivity index (χ1) is 32.5. The molecule has 2 amide bonds. The number of thiazole rings is 1. The highest BCUT2D eigenvalue weighted by Crippen LogP contribution is 2.34. The molecule has 14 nitrogen and oxygen atoms in total. The van der Waals surface area contributed by atoms with E-state index < -0.39 is 52.4 Å². The average molecular weight is 1080 g/mol. The van der Waals surface area contributed by atoms with Gasteiger partial charge in [-0.15, -0.1) is 11.3 Å². The largest absolute Gasteiger partial charge is 0.391 e. The number of aliphatic hydroxyl groups is 1. The Morgan fingerprint density at radius 1 is 0.897 bits per heavy atom. The number of aryl methyl sites for hydroxylation is 1. The van der Waals surface area contributed by atoms with E-state index in [0.29, 0.717) is 49.5 Å². The second-order valence-corrected chi connectivity index (χ2v) is 19.5. The molecule has 19 heteroatoms. The first kappa shape index (κ1) is 54.6. The van der Waals surface area contributed by atoms with Gasteiger partial charge in [-0.3, -0.25) is 19.2 Å². The molecular formula is C49H61F3IN5O9S. The van der Waals surface area contributed by atoms with Crippen molar-refractivity contribution < 1.29 is 56.4 Å². The van der Waals surface area contributed by atoms with Gasteiger partial charge in [0.1, 0.15) is 24.2 Å². The maximum Gasteiger partial charge on any atom is 0.243 e. The van der Waals surface area contributed by atoms with Crippen molar-refractivity contribution >= 4 is 68.7 Å². The lowest BCUT2D eigenvalue weighted by molar-refractivity contribution is -0.146. The first-order valence-corrected chi connectivity index (χ1v) is 24.5. The highest BCUT2D eigenvalue weighted by atomic mass is 127. The van der Waals surface area contributed by atoms with Crippen molar-refractivity contribution in [1.82, 2.24) is 20.5 Å². The van der Waals surface area contributed by atoms with Crippen LogP contribution in [0.2, 0.25) is 0 Å². The van der Waals surface area contributed by atoms with Crippen molar-refractivity contribution in [2.24, 2.45) is 11.3 Å². The molecule has 1 saturated heterocycles. The molecule has 0 unspecified atom stereocenters. The highest BCUT2D eigenvalue weighted by Gasteiger charge is 2.44. The fraction of sp³-hybridized carbons (Fsp3) is 0.490. The van der Waals surface area contributed by atoms with Crippen molar-refractivity contribution in [2.75, 3.05) is 77.8 Å². The Morgan fingerprint density at radius 3 is 2.28 bits per heavy atom. The second-order valence-electron chi connectivity index (χ2n) is 17.4. The van der Waals surface area contributed by atoms with Crippen LogP contribution >= 0.6 is 33.9 Å². The molecule has 0 bridgehead atoms. The molecule has 0 radical (unpaired) electrons. The van der Waals surface area contributed by atoms with E-state index in [9.17, 15) is 37.5 Å². The van der Waals surface area contributed by atoms with Crippen LogP contribution in [0.1, 0.15) is 68.1 Å². The lowest BCUT2D eigenvalue weighted by Gasteiger charge is -2.34. The Hall–Kier alpha value is -4.35. The quantitative estimate of drug-likeness (QED) is 0.0252. The van der Waals surface area contributed by atoms with E-state index in [0.717, 1.165) is 33.8 Å². The summed E-state index contributed by atoms with van der Waals surface area (Å²) in [6.45, 7) is 10.8. The fourth-order valence-electron chi connectivity index (χ4n) is 7.43. The number of hydrogen-bond acceptors (Lipinski definition) is 13. The van der Waals surface area contributed by atoms with E-state index in [-0.39, 0.29) is 87.6 Å². The molecule has 0 saturated carbocycles. The Labute approximate surface area is 413 Å². The lowest BCUT2D eigenvalue weighted by Crippen LogP contribution is -2.50. The number of likely N-dealkylation sites (tertiary alicyclic amines) is 1. The molecule has 1 aromatic heterocycles. The predicted molar refractivity (Wildman–Crippen MR) is 261 cm³/mol. The number of aliphatic hydroxyl groups excluding tert-OH is 1. The van der Waals surface area contributed by atoms with Gasteiger partial charge in [-0.25, -0.2) is 18.2 Å². The molecule has 3 atom stereocenters. The monoisotopic (exact) mass is 1080 g/mol. The molecule has 1 aliphatic heterocycles. The van der Waals surface area contributed by atoms with E-state index in [1.54, 1.807) is 22.9 Å². The molecule has 0 spiro atoms. The average Bonchev–Trinajstić information content (AvgIpc) is 3.92. The highest BCUT2D eigenvalue weighted by molar-refractivity contribution is 14.1. The van der Waals surface area contributed by atoms with Crippen LogP contribution in [0, 0.1) is 39.3 Å². The van der Waals surface area contributed by atoms with Crippen molar-refractivity contribution in [3.8, 4) is 10.4 Å². The van der Waals surface area contributed by atoms with E-state index in [4.69, 9.17) is 18.9 Å². The van der Waals surface area contributed by atoms with Crippen LogP contribution in [-0.4, -0.2) is 123 Å². The number of hydrogen-bond donors (Lipinski definition) is 4. The maximum atomic E-state index is 14.7. The van der Waals surface area contributed by atoms with Gasteiger partial charge in [-0.05, 0) is 89.4 Å². The maximum absolute atomic E-state index is 14.7. The Bertz CT molecular complexity index is 2300. The van der Waals surface area contributed by atoms with Gasteiger partial charge >= 0.3 is 0 Å². The summed E-state index contributed by atoms with van der Waals surface area (Å²) in [6, 6.07) is 13.2. The van der Waals surface area contributed by atoms with Gasteiger partial charge in [0, 0.05) is 60.6 Å². The summed E-state index contributed by atoms with van der Waals surface area (Å²) >= 11 is 3.49. The SMILES string of the molecule is Cc1ncsc1-c1ccc(CNC(=O)[C@@H]2C[C@@H](O)CN2C(=O)[C@@H](CC(=O)CCOCCOCCOCCNCCCOCC(=O)c2ccc(F)c(F)c2Nc2ccc(I)cc2F)C(C)(C)C)cc1. The summed E-state index contributed by atoms with van der Waals surface area (Å²) in [5.74, 6) is -5.25. The van der Waals surface area contributed by atoms with Gasteiger partial charge in [0.25, 0.3) is 0 Å². The number of carbonyl (C=O) groups excluding carboxylic acids is 4. The summed E-state index contributed by atoms with van der Waals surface area (Å²) in [4.78, 5) is 60.1. The summed E-state index contributed by atoms with van der Waals surface area (Å²) in [7, 11) is 0. The number of benzene rings is 3. The van der Waals surface area contributed by atoms with Crippen LogP contribution in [-0.2, 0) is 39.9 Å². The zero-order valence-electron chi connectivity index (χ0n) is 38.8. The van der Waals surface area contributed by atoms with E-state index in [2.05, 4.69) is 20.9 Å². The third kappa shape index (κ3) is 16.7. The van der Waals surface area contributed by atoms with Crippen molar-refractivity contribution in [3.05, 3.63) is 98.0 Å². The van der Waals surface area contributed by atoms with Gasteiger partial charge in [0.2, 0.25) is 11.8 Å². The van der Waals surface area contributed by atoms with Crippen molar-refractivity contribution in [1.29, 1.82) is 0 Å². The number of nitrogens with one attached hydrogen (secondary N) is 3. The van der Waals surface area contributed by atoms with Crippen LogP contribution in [0.3, 0.4) is 0 Å². The van der Waals surface area contributed by atoms with Gasteiger partial charge in [0.15, 0.2) is 17.4 Å². The Kier molecular flexibility index (Phi) is 21.8. The van der Waals surface area contributed by atoms with E-state index >= 15 is 0 Å². The molecule has 1 fully saturated rings. The molecule has 5 rings (SSSR count). The predicted octanol–water partition coefficient (Wildman–Crippen LogP) is 7.40. The minimum absolute atomic E-state index is 0.0168. The molecule has 4 N–H and O–H groups in total. The minimum Gasteiger partial charge on any atom is -0.391 e. The smallest absolute Gasteiger partial charge is 0.243 e. The molecule has 68 heavy (non-hydrogen) atoms. The number of ether oxygens (including phenoxy) is 4. The molecule has 4 aromatic rings. The normalized spacial score (nSPS) is 15.4. The van der Waals surface area contributed by atoms with E-state index in [1.807, 2.05) is 74.6 Å². The van der Waals surface area contributed by atoms with Crippen LogP contribution in [0.5, 0.6) is 0 Å². The summed E-state index contributed by atoms with van der Waals surface area (Å²) < 4.78 is 65.9. The number of nitrogens with zero attached hydrogens (tertiary/aromatic N) is 2. The number of Topliss-reactive ketones (excluding diaryl/α,β-unsaturated/α-hetero) is 2. The lowest BCUT2D eigenvalue weighted by atomic mass is 9.76. The van der Waals surface area contributed by atoms with E-state index in [1.165, 1.54) is 17.0 Å². The zero-order valence-corrected chi connectivity index (χ0v) is 41.8. The molecule has 370 valence electrons. The standard InChI is InChI=1S/C49H61F3IN5O9S/c1-31-46(68-30-56-31)33-8-6-32(7-9-33)27-55-47(62)42-26-36(60)28-58(42)48(63)38(49(2,3)4)25-35(59)14-18-64-20-22-66-23-21-65-19-16-54-15-5-17-67-29-43(61)37-11-12-39(50)44(52)45(37)57-41-13-10-34(53)24-40(41)51/h6-13,24,30,36,38,42,54,57,60H,5,14-23,25-29H2,1-4H3,(H,55,62)/t36-,38-,42+/m1/s1. The third-order valence-electron chi connectivity index (χ3n) is 11.2. The summed E-state index contributed by atoms with van der Waals surface area (Å²) in [5, 5.41) is 19.2. The summed E-state index contributed by atoms with van der Waals surface area (Å²) in [6.07, 6.45) is -0.0626. The van der Waals surface area contributed by atoms with Gasteiger partial charge < -0.3 is 44.9 Å². The first-order valence-electron chi connectivity index (χ1n) is 22.6. The second kappa shape index (κ2) is 27.2. The number of β-amino-alcohol motifs (C(OH)–C–C–N with tert-alkyl or cyclic N) is 1. The number of amides is 2. The van der Waals surface area contributed by atoms with Crippen LogP contribution in [0.25, 0.3) is 10.4 Å². The van der Waals surface area contributed by atoms with Gasteiger partial charge in [0.05, 0.1) is 73.2 Å². The van der Waals surface area contributed by atoms with Crippen LogP contribution < -0.4 is 16.0 Å². The molecule has 0 aliphatic carbocycles. The fourth-order valence-corrected chi connectivity index (χ4v) is 8.69. The number of anilines is 2. The topological polar surface area (TPSA) is 178 Å². The van der Waals surface area contributed by atoms with Crippen molar-refractivity contribution in [3.63, 3.8) is 0 Å². The van der Waals surface area contributed by atoms with Crippen LogP contribution in [0.15, 0.2) is 60.1 Å². The number of rotatable bonds is 28. The van der Waals surface area contributed by atoms with Gasteiger partial charge in [-0.1, -0.05) is 45.0 Å². The summed E-state index contributed by atoms with van der Waals surface area (Å²) in [5.41, 5.74) is 3.41. The Balaban J connectivity index is 0.887. The number of carbonyl (C=O) groups is 4. The molecule has 3 aromatic carbocycles. The molecular weight excluding hydrogens is 1020 g/mol. The zero-order chi connectivity index (χ0) is 49.2. The number of aromatic nitrogens is 1. The minimum atomic E-state index is -1.29. The van der Waals surface area contributed by atoms with Gasteiger partial charge in [-0.2, -0.15) is 0 Å². The third-order valence-corrected chi connectivity index (χ3v) is 12.9. The molecule has 1 aliphatic rings. The molecule has 2 heterocycles. The number of halogens is 4. The Morgan fingerprint density at radius 2 is 1.60 bits per heavy atom. The van der Waals surface area contributed by atoms with Crippen molar-refractivity contribution in [2.45, 2.75) is 72.1 Å². The number of ketones is 2. The van der Waals surface area contributed by atoms with Crippen LogP contribution in [0.4, 0.5) is 24.5 Å².